The summed E-state index contributed by atoms with van der Waals surface area (Å²) in [6.45, 7) is 0. The highest BCUT2D eigenvalue weighted by molar-refractivity contribution is 6.15. The highest BCUT2D eigenvalue weighted by atomic mass is 16.1. The number of hydrogen-bond donors (Lipinski definition) is 0. The minimum absolute atomic E-state index is 0.0546. The predicted octanol–water partition coefficient (Wildman–Crippen LogP) is 7.36. The minimum Gasteiger partial charge on any atom is -0.289 e. The van der Waals surface area contributed by atoms with Gasteiger partial charge in [0.1, 0.15) is 0 Å². The Kier molecular flexibility index (Phi) is 4.71. The molecule has 1 heteroatoms. The molecule has 0 heterocycles. The average Bonchev–Trinajstić information content (AvgIpc) is 3.00. The average molecular weight is 384 g/mol. The van der Waals surface area contributed by atoms with E-state index in [-0.39, 0.29) is 5.78 Å². The molecule has 2 aliphatic carbocycles. The third-order valence-corrected chi connectivity index (χ3v) is 5.49. The first-order valence-corrected chi connectivity index (χ1v) is 10.1. The Morgan fingerprint density at radius 2 is 0.933 bits per heavy atom. The van der Waals surface area contributed by atoms with Gasteiger partial charge in [-0.25, -0.2) is 0 Å². The van der Waals surface area contributed by atoms with Crippen LogP contribution in [0.15, 0.2) is 121 Å². The molecule has 30 heavy (non-hydrogen) atoms. The summed E-state index contributed by atoms with van der Waals surface area (Å²) in [7, 11) is 0. The molecule has 0 radical (unpaired) electrons. The molecule has 0 saturated heterocycles. The molecule has 0 saturated carbocycles. The highest BCUT2D eigenvalue weighted by Crippen LogP contribution is 2.40. The quantitative estimate of drug-likeness (QED) is 0.296. The molecule has 0 bridgehead atoms. The Morgan fingerprint density at radius 1 is 0.433 bits per heavy atom. The number of hydrogen-bond acceptors (Lipinski definition) is 1. The zero-order chi connectivity index (χ0) is 20.3. The van der Waals surface area contributed by atoms with E-state index >= 15 is 0 Å². The SMILES string of the molecule is O=C(c1ccccc1)c1cc(-c2ccc(-c3ccccc3)cc2)c2cccccc1-2. The Balaban J connectivity index is 1.61. The molecule has 0 N–H and O–H groups in total. The number of rotatable bonds is 4. The van der Waals surface area contributed by atoms with Crippen LogP contribution in [-0.2, 0) is 0 Å². The van der Waals surface area contributed by atoms with Crippen LogP contribution in [0.5, 0.6) is 0 Å². The fourth-order valence-electron chi connectivity index (χ4n) is 3.96. The van der Waals surface area contributed by atoms with Crippen molar-refractivity contribution in [1.82, 2.24) is 0 Å². The van der Waals surface area contributed by atoms with Crippen molar-refractivity contribution in [3.63, 3.8) is 0 Å². The second kappa shape index (κ2) is 7.81. The van der Waals surface area contributed by atoms with Crippen LogP contribution in [0.1, 0.15) is 15.9 Å². The van der Waals surface area contributed by atoms with Crippen molar-refractivity contribution in [3.8, 4) is 33.4 Å². The molecule has 0 aromatic heterocycles. The minimum atomic E-state index is 0.0546. The van der Waals surface area contributed by atoms with E-state index < -0.39 is 0 Å². The summed E-state index contributed by atoms with van der Waals surface area (Å²) < 4.78 is 0. The molecule has 3 aromatic rings. The fraction of sp³-hybridized carbons (Fsp3) is 0. The lowest BCUT2D eigenvalue weighted by Crippen LogP contribution is -2.00. The number of ketones is 1. The van der Waals surface area contributed by atoms with Gasteiger partial charge in [0.2, 0.25) is 0 Å². The van der Waals surface area contributed by atoms with Crippen LogP contribution in [0.25, 0.3) is 33.4 Å². The maximum Gasteiger partial charge on any atom is 0.193 e. The summed E-state index contributed by atoms with van der Waals surface area (Å²) >= 11 is 0. The molecule has 0 fully saturated rings. The van der Waals surface area contributed by atoms with Crippen molar-refractivity contribution in [3.05, 3.63) is 132 Å². The maximum absolute atomic E-state index is 13.2. The molecule has 0 amide bonds. The third kappa shape index (κ3) is 3.31. The lowest BCUT2D eigenvalue weighted by Gasteiger charge is -2.05. The number of carbonyl (C=O) groups is 1. The van der Waals surface area contributed by atoms with E-state index in [0.29, 0.717) is 5.56 Å². The predicted molar refractivity (Wildman–Crippen MR) is 124 cm³/mol. The van der Waals surface area contributed by atoms with E-state index in [0.717, 1.165) is 27.8 Å². The van der Waals surface area contributed by atoms with E-state index in [2.05, 4.69) is 54.6 Å². The molecule has 0 aliphatic heterocycles. The van der Waals surface area contributed by atoms with Gasteiger partial charge >= 0.3 is 0 Å². The van der Waals surface area contributed by atoms with Crippen LogP contribution in [0.2, 0.25) is 0 Å². The molecule has 5 rings (SSSR count). The first-order chi connectivity index (χ1) is 14.8. The number of carbonyl (C=O) groups excluding carboxylic acids is 1. The molecule has 0 atom stereocenters. The van der Waals surface area contributed by atoms with E-state index in [1.807, 2.05) is 66.7 Å². The van der Waals surface area contributed by atoms with Crippen LogP contribution in [0, 0.1) is 0 Å². The smallest absolute Gasteiger partial charge is 0.193 e. The highest BCUT2D eigenvalue weighted by Gasteiger charge is 2.21. The zero-order valence-corrected chi connectivity index (χ0v) is 16.5. The van der Waals surface area contributed by atoms with Gasteiger partial charge < -0.3 is 0 Å². The summed E-state index contributed by atoms with van der Waals surface area (Å²) in [5.41, 5.74) is 8.10. The first-order valence-electron chi connectivity index (χ1n) is 10.1. The van der Waals surface area contributed by atoms with Crippen molar-refractivity contribution >= 4 is 5.78 Å². The van der Waals surface area contributed by atoms with Crippen LogP contribution >= 0.6 is 0 Å². The van der Waals surface area contributed by atoms with Gasteiger partial charge in [-0.05, 0) is 39.4 Å². The van der Waals surface area contributed by atoms with Gasteiger partial charge in [-0.15, -0.1) is 0 Å². The van der Waals surface area contributed by atoms with Crippen LogP contribution in [-0.4, -0.2) is 5.78 Å². The summed E-state index contributed by atoms with van der Waals surface area (Å²) in [6, 6.07) is 40.6. The summed E-state index contributed by atoms with van der Waals surface area (Å²) in [5.74, 6) is 0.0546. The Hall–Kier alpha value is -3.97. The molecule has 142 valence electrons. The van der Waals surface area contributed by atoms with Gasteiger partial charge in [0.25, 0.3) is 0 Å². The van der Waals surface area contributed by atoms with Gasteiger partial charge in [-0.1, -0.05) is 115 Å². The van der Waals surface area contributed by atoms with E-state index in [1.165, 1.54) is 11.1 Å². The summed E-state index contributed by atoms with van der Waals surface area (Å²) in [4.78, 5) is 13.2. The molecule has 2 aliphatic rings. The van der Waals surface area contributed by atoms with Crippen molar-refractivity contribution in [2.45, 2.75) is 0 Å². The van der Waals surface area contributed by atoms with Gasteiger partial charge in [-0.2, -0.15) is 0 Å². The second-order valence-electron chi connectivity index (χ2n) is 7.35. The fourth-order valence-corrected chi connectivity index (χ4v) is 3.96. The van der Waals surface area contributed by atoms with E-state index in [1.54, 1.807) is 0 Å². The van der Waals surface area contributed by atoms with Crippen molar-refractivity contribution in [2.75, 3.05) is 0 Å². The maximum atomic E-state index is 13.2. The molecule has 3 aromatic carbocycles. The van der Waals surface area contributed by atoms with Crippen molar-refractivity contribution in [2.24, 2.45) is 0 Å². The lowest BCUT2D eigenvalue weighted by atomic mass is 9.98. The molecular formula is C29H20O. The summed E-state index contributed by atoms with van der Waals surface area (Å²) in [5, 5.41) is 0. The Morgan fingerprint density at radius 3 is 1.60 bits per heavy atom. The van der Waals surface area contributed by atoms with E-state index in [9.17, 15) is 4.79 Å². The van der Waals surface area contributed by atoms with Crippen LogP contribution in [0.3, 0.4) is 0 Å². The Bertz CT molecular complexity index is 1270. The monoisotopic (exact) mass is 384 g/mol. The topological polar surface area (TPSA) is 17.1 Å². The number of benzene rings is 3. The zero-order valence-electron chi connectivity index (χ0n) is 16.5. The van der Waals surface area contributed by atoms with Gasteiger partial charge in [0, 0.05) is 11.1 Å². The van der Waals surface area contributed by atoms with Crippen LogP contribution < -0.4 is 0 Å². The van der Waals surface area contributed by atoms with Gasteiger partial charge in [-0.3, -0.25) is 4.79 Å². The van der Waals surface area contributed by atoms with E-state index in [4.69, 9.17) is 0 Å². The lowest BCUT2D eigenvalue weighted by molar-refractivity contribution is 0.103. The summed E-state index contributed by atoms with van der Waals surface area (Å²) in [6.07, 6.45) is 0. The molecule has 1 nitrogen and oxygen atoms in total. The van der Waals surface area contributed by atoms with Gasteiger partial charge in [0.15, 0.2) is 5.78 Å². The molecule has 0 unspecified atom stereocenters. The largest absolute Gasteiger partial charge is 0.289 e. The third-order valence-electron chi connectivity index (χ3n) is 5.49. The first kappa shape index (κ1) is 18.1. The Labute approximate surface area is 176 Å². The molecule has 0 spiro atoms. The van der Waals surface area contributed by atoms with Crippen molar-refractivity contribution < 1.29 is 4.79 Å². The number of fused-ring (bicyclic) bond motifs is 1. The standard InChI is InChI=1S/C29H20O/c30-29(24-12-6-2-7-13-24)28-20-27(25-14-8-3-9-15-26(25)28)23-18-16-22(17-19-23)21-10-4-1-5-11-21/h1-20H. The second-order valence-corrected chi connectivity index (χ2v) is 7.35. The molecular weight excluding hydrogens is 364 g/mol. The van der Waals surface area contributed by atoms with Crippen LogP contribution in [0.4, 0.5) is 0 Å². The van der Waals surface area contributed by atoms with Crippen molar-refractivity contribution in [1.29, 1.82) is 0 Å². The van der Waals surface area contributed by atoms with Gasteiger partial charge in [0.05, 0.1) is 0 Å². The normalized spacial score (nSPS) is 10.8.